The molecule has 0 bridgehead atoms. The van der Waals surface area contributed by atoms with Crippen LogP contribution in [0.2, 0.25) is 0 Å². The minimum Gasteiger partial charge on any atom is -0.496 e. The summed E-state index contributed by atoms with van der Waals surface area (Å²) < 4.78 is 5.49. The molecular formula is C22H25N5O. The van der Waals surface area contributed by atoms with Crippen molar-refractivity contribution in [2.24, 2.45) is 15.5 Å². The van der Waals surface area contributed by atoms with E-state index < -0.39 is 0 Å². The molecule has 0 saturated heterocycles. The zero-order chi connectivity index (χ0) is 19.6. The fourth-order valence-corrected chi connectivity index (χ4v) is 3.63. The number of anilines is 2. The van der Waals surface area contributed by atoms with E-state index in [1.807, 2.05) is 43.4 Å². The van der Waals surface area contributed by atoms with Crippen LogP contribution in [0, 0.1) is 5.41 Å². The number of allylic oxidation sites excluding steroid dienone is 1. The van der Waals surface area contributed by atoms with Gasteiger partial charge in [-0.25, -0.2) is 4.99 Å². The fourth-order valence-electron chi connectivity index (χ4n) is 3.63. The van der Waals surface area contributed by atoms with Crippen molar-refractivity contribution in [3.63, 3.8) is 0 Å². The molecule has 0 fully saturated rings. The second-order valence-electron chi connectivity index (χ2n) is 7.11. The van der Waals surface area contributed by atoms with Crippen molar-refractivity contribution in [2.45, 2.75) is 13.3 Å². The predicted molar refractivity (Wildman–Crippen MR) is 116 cm³/mol. The number of amidine groups is 1. The number of hydrogen-bond acceptors (Lipinski definition) is 6. The molecule has 6 heteroatoms. The van der Waals surface area contributed by atoms with Crippen molar-refractivity contribution >= 4 is 28.6 Å². The number of fused-ring (bicyclic) bond motifs is 1. The van der Waals surface area contributed by atoms with Gasteiger partial charge < -0.3 is 15.4 Å². The van der Waals surface area contributed by atoms with Gasteiger partial charge in [0.2, 0.25) is 0 Å². The molecule has 2 aromatic carbocycles. The van der Waals surface area contributed by atoms with Crippen LogP contribution in [0.3, 0.4) is 0 Å². The second-order valence-corrected chi connectivity index (χ2v) is 7.11. The maximum atomic E-state index is 5.49. The molecule has 6 nitrogen and oxygen atoms in total. The first-order valence-electron chi connectivity index (χ1n) is 9.42. The minimum atomic E-state index is -0.229. The van der Waals surface area contributed by atoms with Crippen LogP contribution >= 0.6 is 0 Å². The van der Waals surface area contributed by atoms with Gasteiger partial charge in [-0.15, -0.1) is 0 Å². The Morgan fingerprint density at radius 2 is 1.86 bits per heavy atom. The molecule has 2 aliphatic heterocycles. The highest BCUT2D eigenvalue weighted by Crippen LogP contribution is 2.38. The average molecular weight is 375 g/mol. The van der Waals surface area contributed by atoms with Crippen molar-refractivity contribution in [3.8, 4) is 5.75 Å². The van der Waals surface area contributed by atoms with Gasteiger partial charge in [0.25, 0.3) is 0 Å². The van der Waals surface area contributed by atoms with Gasteiger partial charge in [-0.3, -0.25) is 5.43 Å². The third kappa shape index (κ3) is 3.11. The van der Waals surface area contributed by atoms with Gasteiger partial charge in [-0.2, -0.15) is 5.10 Å². The highest BCUT2D eigenvalue weighted by atomic mass is 16.5. The van der Waals surface area contributed by atoms with Crippen LogP contribution in [0.5, 0.6) is 5.75 Å². The number of rotatable bonds is 6. The molecule has 2 aliphatic rings. The first-order chi connectivity index (χ1) is 13.7. The Bertz CT molecular complexity index is 978. The third-order valence-electron chi connectivity index (χ3n) is 5.42. The van der Waals surface area contributed by atoms with E-state index in [4.69, 9.17) is 9.73 Å². The molecule has 3 N–H and O–H groups in total. The maximum absolute atomic E-state index is 5.49. The summed E-state index contributed by atoms with van der Waals surface area (Å²) in [7, 11) is 3.61. The van der Waals surface area contributed by atoms with Gasteiger partial charge in [0.05, 0.1) is 41.9 Å². The zero-order valence-electron chi connectivity index (χ0n) is 16.4. The number of benzene rings is 2. The van der Waals surface area contributed by atoms with Gasteiger partial charge in [0.1, 0.15) is 11.6 Å². The largest absolute Gasteiger partial charge is 0.496 e. The standard InChI is InChI=1S/C22H25N5O/c1-22-13-12-16(15-8-4-7-11-19(15)28-3)25-21(22)27-26-20(22)14-24-18-10-6-5-9-17(18)23-2/h4-12,23-24H,13-14H2,1-3H3,(H,25,27). The Kier molecular flexibility index (Phi) is 4.77. The number of methoxy groups -OCH3 is 1. The average Bonchev–Trinajstić information content (AvgIpc) is 3.07. The second kappa shape index (κ2) is 7.38. The molecule has 1 unspecified atom stereocenters. The summed E-state index contributed by atoms with van der Waals surface area (Å²) in [4.78, 5) is 4.87. The molecule has 2 aromatic rings. The van der Waals surface area contributed by atoms with Gasteiger partial charge in [-0.1, -0.05) is 30.3 Å². The van der Waals surface area contributed by atoms with Gasteiger partial charge in [-0.05, 0) is 37.6 Å². The van der Waals surface area contributed by atoms with E-state index in [0.717, 1.165) is 46.4 Å². The summed E-state index contributed by atoms with van der Waals surface area (Å²) in [5, 5.41) is 11.3. The Morgan fingerprint density at radius 1 is 1.11 bits per heavy atom. The van der Waals surface area contributed by atoms with E-state index in [0.29, 0.717) is 6.54 Å². The lowest BCUT2D eigenvalue weighted by molar-refractivity contribution is 0.413. The number of hydrazone groups is 1. The lowest BCUT2D eigenvalue weighted by Gasteiger charge is -2.28. The van der Waals surface area contributed by atoms with Gasteiger partial charge in [0.15, 0.2) is 0 Å². The number of nitrogens with one attached hydrogen (secondary N) is 3. The monoisotopic (exact) mass is 375 g/mol. The van der Waals surface area contributed by atoms with Crippen LogP contribution in [-0.4, -0.2) is 32.2 Å². The lowest BCUT2D eigenvalue weighted by atomic mass is 9.79. The normalized spacial score (nSPS) is 20.3. The quantitative estimate of drug-likeness (QED) is 0.715. The molecule has 2 heterocycles. The minimum absolute atomic E-state index is 0.229. The molecule has 0 aliphatic carbocycles. The molecule has 28 heavy (non-hydrogen) atoms. The molecule has 0 saturated carbocycles. The van der Waals surface area contributed by atoms with E-state index in [1.54, 1.807) is 7.11 Å². The molecule has 0 radical (unpaired) electrons. The summed E-state index contributed by atoms with van der Waals surface area (Å²) in [5.74, 6) is 1.71. The van der Waals surface area contributed by atoms with Crippen LogP contribution in [0.25, 0.3) is 5.70 Å². The number of nitrogens with zero attached hydrogens (tertiary/aromatic N) is 2. The molecule has 0 aromatic heterocycles. The Morgan fingerprint density at radius 3 is 2.64 bits per heavy atom. The summed E-state index contributed by atoms with van der Waals surface area (Å²) in [6.07, 6.45) is 3.01. The van der Waals surface area contributed by atoms with Gasteiger partial charge >= 0.3 is 0 Å². The summed E-state index contributed by atoms with van der Waals surface area (Å²) >= 11 is 0. The van der Waals surface area contributed by atoms with Crippen LogP contribution in [0.4, 0.5) is 11.4 Å². The molecule has 4 rings (SSSR count). The van der Waals surface area contributed by atoms with Gasteiger partial charge in [0, 0.05) is 12.6 Å². The van der Waals surface area contributed by atoms with Crippen molar-refractivity contribution < 1.29 is 4.74 Å². The van der Waals surface area contributed by atoms with Crippen LogP contribution in [0.15, 0.2) is 64.7 Å². The molecule has 1 atom stereocenters. The Labute approximate surface area is 165 Å². The predicted octanol–water partition coefficient (Wildman–Crippen LogP) is 3.96. The first kappa shape index (κ1) is 18.1. The number of para-hydroxylation sites is 3. The Balaban J connectivity index is 1.52. The van der Waals surface area contributed by atoms with E-state index >= 15 is 0 Å². The SMILES string of the molecule is CNc1ccccc1NCC1=NNC2=NC(c3ccccc3OC)=CCC12C. The van der Waals surface area contributed by atoms with Crippen LogP contribution < -0.4 is 20.8 Å². The highest BCUT2D eigenvalue weighted by Gasteiger charge is 2.42. The topological polar surface area (TPSA) is 70.0 Å². The lowest BCUT2D eigenvalue weighted by Crippen LogP contribution is -2.39. The van der Waals surface area contributed by atoms with Crippen molar-refractivity contribution in [1.82, 2.24) is 5.43 Å². The van der Waals surface area contributed by atoms with Crippen molar-refractivity contribution in [3.05, 3.63) is 60.2 Å². The van der Waals surface area contributed by atoms with E-state index in [1.165, 1.54) is 0 Å². The van der Waals surface area contributed by atoms with E-state index in [9.17, 15) is 0 Å². The number of aliphatic imine (C=N–C) groups is 1. The van der Waals surface area contributed by atoms with E-state index in [-0.39, 0.29) is 5.41 Å². The molecular weight excluding hydrogens is 350 g/mol. The van der Waals surface area contributed by atoms with Crippen LogP contribution in [-0.2, 0) is 0 Å². The molecule has 144 valence electrons. The molecule has 0 spiro atoms. The Hall–Kier alpha value is -3.28. The zero-order valence-corrected chi connectivity index (χ0v) is 16.4. The highest BCUT2D eigenvalue weighted by molar-refractivity contribution is 6.17. The van der Waals surface area contributed by atoms with E-state index in [2.05, 4.69) is 46.3 Å². The summed E-state index contributed by atoms with van der Waals surface area (Å²) in [6, 6.07) is 16.1. The first-order valence-corrected chi connectivity index (χ1v) is 9.42. The fraction of sp³-hybridized carbons (Fsp3) is 0.273. The van der Waals surface area contributed by atoms with Crippen molar-refractivity contribution in [2.75, 3.05) is 31.3 Å². The third-order valence-corrected chi connectivity index (χ3v) is 5.42. The smallest absolute Gasteiger partial charge is 0.135 e. The number of hydrogen-bond donors (Lipinski definition) is 3. The molecule has 0 amide bonds. The van der Waals surface area contributed by atoms with Crippen LogP contribution in [0.1, 0.15) is 18.9 Å². The summed E-state index contributed by atoms with van der Waals surface area (Å²) in [5.41, 5.74) is 8.01. The van der Waals surface area contributed by atoms with Crippen molar-refractivity contribution in [1.29, 1.82) is 0 Å². The number of ether oxygens (including phenoxy) is 1. The maximum Gasteiger partial charge on any atom is 0.135 e. The summed E-state index contributed by atoms with van der Waals surface area (Å²) in [6.45, 7) is 2.84.